The number of halogens is 2. The first-order valence-electron chi connectivity index (χ1n) is 6.55. The minimum atomic E-state index is 0.484. The largest absolute Gasteiger partial charge is 0.310 e. The normalized spacial score (nSPS) is 24.6. The van der Waals surface area contributed by atoms with Gasteiger partial charge in [-0.2, -0.15) is 0 Å². The first-order valence-corrected chi connectivity index (χ1v) is 7.31. The van der Waals surface area contributed by atoms with Crippen LogP contribution in [0.3, 0.4) is 0 Å². The van der Waals surface area contributed by atoms with Crippen LogP contribution < -0.4 is 5.32 Å². The van der Waals surface area contributed by atoms with Crippen molar-refractivity contribution in [3.05, 3.63) is 39.9 Å². The summed E-state index contributed by atoms with van der Waals surface area (Å²) in [4.78, 5) is 0. The van der Waals surface area contributed by atoms with Crippen LogP contribution in [0.4, 0.5) is 0 Å². The molecule has 1 heterocycles. The van der Waals surface area contributed by atoms with Crippen LogP contribution in [0, 0.1) is 5.92 Å². The Bertz CT molecular complexity index is 429. The third-order valence-corrected chi connectivity index (χ3v) is 4.33. The quantitative estimate of drug-likeness (QED) is 0.841. The molecule has 1 aromatic carbocycles. The van der Waals surface area contributed by atoms with Gasteiger partial charge in [0, 0.05) is 6.04 Å². The van der Waals surface area contributed by atoms with Crippen molar-refractivity contribution in [3.8, 4) is 0 Å². The van der Waals surface area contributed by atoms with Gasteiger partial charge < -0.3 is 5.32 Å². The van der Waals surface area contributed by atoms with Gasteiger partial charge in [0.25, 0.3) is 0 Å². The molecule has 1 fully saturated rings. The molecule has 0 spiro atoms. The monoisotopic (exact) mass is 283 g/mol. The van der Waals surface area contributed by atoms with Crippen LogP contribution in [-0.2, 0) is 0 Å². The van der Waals surface area contributed by atoms with Gasteiger partial charge in [0.15, 0.2) is 0 Å². The smallest absolute Gasteiger partial charge is 0.0598 e. The summed E-state index contributed by atoms with van der Waals surface area (Å²) in [6.45, 7) is 3.39. The van der Waals surface area contributed by atoms with Crippen molar-refractivity contribution in [3.63, 3.8) is 0 Å². The Labute approximate surface area is 119 Å². The van der Waals surface area contributed by atoms with E-state index < -0.39 is 0 Å². The fraction of sp³-hybridized carbons (Fsp3) is 0.467. The summed E-state index contributed by atoms with van der Waals surface area (Å²) in [6.07, 6.45) is 8.17. The van der Waals surface area contributed by atoms with E-state index >= 15 is 0 Å². The van der Waals surface area contributed by atoms with E-state index in [4.69, 9.17) is 23.2 Å². The van der Waals surface area contributed by atoms with Gasteiger partial charge in [0.1, 0.15) is 0 Å². The molecule has 1 N–H and O–H groups in total. The summed E-state index contributed by atoms with van der Waals surface area (Å²) in [5, 5.41) is 4.75. The number of hydrogen-bond donors (Lipinski definition) is 1. The van der Waals surface area contributed by atoms with Gasteiger partial charge in [-0.05, 0) is 43.0 Å². The summed E-state index contributed by atoms with van der Waals surface area (Å²) >= 11 is 11.9. The Kier molecular flexibility index (Phi) is 5.11. The highest BCUT2D eigenvalue weighted by Gasteiger charge is 2.17. The molecular formula is C15H19Cl2N. The molecule has 1 aliphatic rings. The van der Waals surface area contributed by atoms with E-state index in [0.29, 0.717) is 16.1 Å². The molecule has 2 atom stereocenters. The highest BCUT2D eigenvalue weighted by atomic mass is 35.5. The van der Waals surface area contributed by atoms with E-state index in [2.05, 4.69) is 24.4 Å². The first kappa shape index (κ1) is 13.9. The predicted molar refractivity (Wildman–Crippen MR) is 80.3 cm³/mol. The molecule has 1 aliphatic heterocycles. The Morgan fingerprint density at radius 3 is 2.89 bits per heavy atom. The average Bonchev–Trinajstić information content (AvgIpc) is 2.40. The van der Waals surface area contributed by atoms with Crippen LogP contribution in [0.5, 0.6) is 0 Å². The van der Waals surface area contributed by atoms with E-state index in [1.807, 2.05) is 18.2 Å². The molecule has 0 bridgehead atoms. The number of rotatable bonds is 3. The van der Waals surface area contributed by atoms with Crippen LogP contribution in [-0.4, -0.2) is 12.6 Å². The first-order chi connectivity index (χ1) is 8.69. The molecule has 98 valence electrons. The molecule has 18 heavy (non-hydrogen) atoms. The molecule has 1 nitrogen and oxygen atoms in total. The van der Waals surface area contributed by atoms with E-state index in [1.165, 1.54) is 19.3 Å². The van der Waals surface area contributed by atoms with Gasteiger partial charge in [-0.3, -0.25) is 0 Å². The SMILES string of the molecule is CCC1CCNC(/C=C/c2ccc(Cl)c(Cl)c2)C1. The molecule has 3 heteroatoms. The van der Waals surface area contributed by atoms with Crippen molar-refractivity contribution in [2.45, 2.75) is 32.2 Å². The zero-order chi connectivity index (χ0) is 13.0. The zero-order valence-electron chi connectivity index (χ0n) is 10.6. The average molecular weight is 284 g/mol. The fourth-order valence-electron chi connectivity index (χ4n) is 2.39. The topological polar surface area (TPSA) is 12.0 Å². The lowest BCUT2D eigenvalue weighted by atomic mass is 9.90. The third-order valence-electron chi connectivity index (χ3n) is 3.59. The third kappa shape index (κ3) is 3.74. The zero-order valence-corrected chi connectivity index (χ0v) is 12.1. The summed E-state index contributed by atoms with van der Waals surface area (Å²) in [5.74, 6) is 0.856. The molecule has 0 amide bonds. The van der Waals surface area contributed by atoms with Crippen LogP contribution in [0.1, 0.15) is 31.7 Å². The van der Waals surface area contributed by atoms with Gasteiger partial charge in [-0.1, -0.05) is 54.8 Å². The van der Waals surface area contributed by atoms with Crippen LogP contribution in [0.25, 0.3) is 6.08 Å². The van der Waals surface area contributed by atoms with E-state index in [9.17, 15) is 0 Å². The molecule has 2 unspecified atom stereocenters. The molecule has 1 saturated heterocycles. The van der Waals surface area contributed by atoms with Crippen molar-refractivity contribution in [2.75, 3.05) is 6.54 Å². The molecule has 1 aromatic rings. The van der Waals surface area contributed by atoms with Crippen molar-refractivity contribution in [2.24, 2.45) is 5.92 Å². The van der Waals surface area contributed by atoms with Crippen molar-refractivity contribution >= 4 is 29.3 Å². The second-order valence-corrected chi connectivity index (χ2v) is 5.71. The Morgan fingerprint density at radius 2 is 2.17 bits per heavy atom. The number of piperidine rings is 1. The molecular weight excluding hydrogens is 265 g/mol. The predicted octanol–water partition coefficient (Wildman–Crippen LogP) is 4.78. The maximum atomic E-state index is 6.00. The number of nitrogens with one attached hydrogen (secondary N) is 1. The Balaban J connectivity index is 1.99. The maximum absolute atomic E-state index is 6.00. The summed E-state index contributed by atoms with van der Waals surface area (Å²) < 4.78 is 0. The van der Waals surface area contributed by atoms with Gasteiger partial charge >= 0.3 is 0 Å². The van der Waals surface area contributed by atoms with Gasteiger partial charge in [0.05, 0.1) is 10.0 Å². The lowest BCUT2D eigenvalue weighted by Crippen LogP contribution is -2.36. The van der Waals surface area contributed by atoms with Crippen LogP contribution in [0.2, 0.25) is 10.0 Å². The molecule has 0 aliphatic carbocycles. The maximum Gasteiger partial charge on any atom is 0.0598 e. The van der Waals surface area contributed by atoms with Gasteiger partial charge in [-0.15, -0.1) is 0 Å². The van der Waals surface area contributed by atoms with E-state index in [0.717, 1.165) is 18.0 Å². The lowest BCUT2D eigenvalue weighted by molar-refractivity contribution is 0.326. The van der Waals surface area contributed by atoms with Crippen molar-refractivity contribution < 1.29 is 0 Å². The van der Waals surface area contributed by atoms with E-state index in [1.54, 1.807) is 0 Å². The Morgan fingerprint density at radius 1 is 1.33 bits per heavy atom. The van der Waals surface area contributed by atoms with Crippen LogP contribution >= 0.6 is 23.2 Å². The highest BCUT2D eigenvalue weighted by molar-refractivity contribution is 6.42. The number of hydrogen-bond acceptors (Lipinski definition) is 1. The van der Waals surface area contributed by atoms with Crippen LogP contribution in [0.15, 0.2) is 24.3 Å². The second kappa shape index (κ2) is 6.60. The van der Waals surface area contributed by atoms with Crippen molar-refractivity contribution in [1.29, 1.82) is 0 Å². The minimum absolute atomic E-state index is 0.484. The lowest BCUT2D eigenvalue weighted by Gasteiger charge is -2.27. The fourth-order valence-corrected chi connectivity index (χ4v) is 2.70. The van der Waals surface area contributed by atoms with E-state index in [-0.39, 0.29) is 0 Å². The van der Waals surface area contributed by atoms with Gasteiger partial charge in [0.2, 0.25) is 0 Å². The summed E-state index contributed by atoms with van der Waals surface area (Å²) in [6, 6.07) is 6.22. The standard InChI is InChI=1S/C15H19Cl2N/c1-2-11-7-8-18-13(9-11)5-3-12-4-6-14(16)15(17)10-12/h3-6,10-11,13,18H,2,7-9H2,1H3/b5-3+. The summed E-state index contributed by atoms with van der Waals surface area (Å²) in [7, 11) is 0. The molecule has 0 radical (unpaired) electrons. The second-order valence-electron chi connectivity index (χ2n) is 4.89. The molecule has 2 rings (SSSR count). The van der Waals surface area contributed by atoms with Crippen molar-refractivity contribution in [1.82, 2.24) is 5.32 Å². The minimum Gasteiger partial charge on any atom is -0.310 e. The molecule has 0 saturated carbocycles. The highest BCUT2D eigenvalue weighted by Crippen LogP contribution is 2.24. The number of benzene rings is 1. The Hall–Kier alpha value is -0.500. The summed E-state index contributed by atoms with van der Waals surface area (Å²) in [5.41, 5.74) is 1.10. The van der Waals surface area contributed by atoms with Gasteiger partial charge in [-0.25, -0.2) is 0 Å². The molecule has 0 aromatic heterocycles.